The third-order valence-electron chi connectivity index (χ3n) is 9.80. The first-order chi connectivity index (χ1) is 27.0. The number of rotatable bonds is 13. The van der Waals surface area contributed by atoms with Crippen LogP contribution in [0.3, 0.4) is 0 Å². The van der Waals surface area contributed by atoms with Gasteiger partial charge in [0.2, 0.25) is 11.2 Å². The number of nitrogens with zero attached hydrogens (tertiary/aromatic N) is 6. The number of hydrogen-bond donors (Lipinski definition) is 0. The predicted molar refractivity (Wildman–Crippen MR) is 215 cm³/mol. The van der Waals surface area contributed by atoms with Crippen LogP contribution < -0.4 is 20.7 Å². The molecule has 0 bridgehead atoms. The molecule has 0 saturated carbocycles. The van der Waals surface area contributed by atoms with Crippen molar-refractivity contribution in [2.75, 3.05) is 13.2 Å². The minimum absolute atomic E-state index is 0.269. The van der Waals surface area contributed by atoms with Crippen LogP contribution in [0.2, 0.25) is 0 Å². The number of aromatic nitrogens is 4. The minimum atomic E-state index is -0.271. The van der Waals surface area contributed by atoms with Gasteiger partial charge in [0.05, 0.1) is 48.2 Å². The lowest BCUT2D eigenvalue weighted by Gasteiger charge is -2.10. The van der Waals surface area contributed by atoms with Gasteiger partial charge in [-0.15, -0.1) is 10.2 Å². The Morgan fingerprint density at radius 1 is 0.455 bits per heavy atom. The van der Waals surface area contributed by atoms with E-state index in [1.54, 1.807) is 6.07 Å². The van der Waals surface area contributed by atoms with Gasteiger partial charge >= 0.3 is 0 Å². The van der Waals surface area contributed by atoms with Crippen molar-refractivity contribution < 1.29 is 13.9 Å². The molecule has 2 aromatic heterocycles. The Morgan fingerprint density at radius 3 is 1.36 bits per heavy atom. The van der Waals surface area contributed by atoms with Crippen LogP contribution >= 0.6 is 0 Å². The van der Waals surface area contributed by atoms with Gasteiger partial charge in [0.15, 0.2) is 0 Å². The summed E-state index contributed by atoms with van der Waals surface area (Å²) in [5.41, 5.74) is 9.21. The Morgan fingerprint density at radius 2 is 0.873 bits per heavy atom. The Balaban J connectivity index is 1.30. The number of para-hydroxylation sites is 4. The van der Waals surface area contributed by atoms with E-state index in [1.165, 1.54) is 17.2 Å². The van der Waals surface area contributed by atoms with Crippen LogP contribution in [0.1, 0.15) is 22.3 Å². The zero-order valence-electron chi connectivity index (χ0n) is 31.1. The molecule has 276 valence electrons. The summed E-state index contributed by atoms with van der Waals surface area (Å²) in [6, 6.07) is 49.8. The van der Waals surface area contributed by atoms with E-state index in [-0.39, 0.29) is 12.4 Å². The zero-order chi connectivity index (χ0) is 37.6. The lowest BCUT2D eigenvalue weighted by atomic mass is 10.2. The smallest absolute Gasteiger partial charge is 0.231 e. The second-order valence-electron chi connectivity index (χ2n) is 13.7. The first kappa shape index (κ1) is 35.4. The van der Waals surface area contributed by atoms with E-state index in [0.29, 0.717) is 49.6 Å². The van der Waals surface area contributed by atoms with E-state index in [4.69, 9.17) is 19.7 Å². The maximum absolute atomic E-state index is 15.3. The normalized spacial score (nSPS) is 12.2. The van der Waals surface area contributed by atoms with Crippen molar-refractivity contribution in [3.05, 3.63) is 191 Å². The minimum Gasteiger partial charge on any atom is -0.492 e. The second kappa shape index (κ2) is 16.2. The summed E-state index contributed by atoms with van der Waals surface area (Å²) in [6.07, 6.45) is 0. The number of imidazole rings is 2. The summed E-state index contributed by atoms with van der Waals surface area (Å²) in [6.45, 7) is 6.83. The van der Waals surface area contributed by atoms with Gasteiger partial charge in [-0.1, -0.05) is 108 Å². The van der Waals surface area contributed by atoms with Crippen molar-refractivity contribution in [1.82, 2.24) is 18.3 Å². The average Bonchev–Trinajstić information content (AvgIpc) is 3.67. The van der Waals surface area contributed by atoms with Crippen LogP contribution in [0.15, 0.2) is 162 Å². The average molecular weight is 731 g/mol. The Hall–Kier alpha value is -6.61. The molecule has 55 heavy (non-hydrogen) atoms. The van der Waals surface area contributed by atoms with E-state index in [1.807, 2.05) is 89.5 Å². The zero-order valence-corrected chi connectivity index (χ0v) is 31.1. The van der Waals surface area contributed by atoms with Crippen molar-refractivity contribution in [2.24, 2.45) is 10.2 Å². The van der Waals surface area contributed by atoms with E-state index in [0.717, 1.165) is 39.1 Å². The monoisotopic (exact) mass is 730 g/mol. The fourth-order valence-corrected chi connectivity index (χ4v) is 6.96. The maximum Gasteiger partial charge on any atom is 0.231 e. The molecule has 8 rings (SSSR count). The van der Waals surface area contributed by atoms with Gasteiger partial charge in [0, 0.05) is 5.56 Å². The van der Waals surface area contributed by atoms with E-state index in [2.05, 4.69) is 82.1 Å². The molecule has 8 nitrogen and oxygen atoms in total. The largest absolute Gasteiger partial charge is 0.492 e. The lowest BCUT2D eigenvalue weighted by Crippen LogP contribution is -2.31. The van der Waals surface area contributed by atoms with Crippen LogP contribution in [-0.2, 0) is 26.2 Å². The van der Waals surface area contributed by atoms with Crippen molar-refractivity contribution in [2.45, 2.75) is 40.0 Å². The molecule has 0 unspecified atom stereocenters. The molecule has 6 aromatic carbocycles. The number of aryl methyl sites for hydroxylation is 2. The van der Waals surface area contributed by atoms with Crippen molar-refractivity contribution in [1.29, 1.82) is 0 Å². The molecule has 0 N–H and O–H groups in total. The molecule has 8 aromatic rings. The van der Waals surface area contributed by atoms with Gasteiger partial charge in [0.1, 0.15) is 30.5 Å². The van der Waals surface area contributed by atoms with Crippen LogP contribution in [-0.4, -0.2) is 31.5 Å². The molecular weight excluding hydrogens is 688 g/mol. The number of hydrogen-bond acceptors (Lipinski definition) is 4. The first-order valence-electron chi connectivity index (χ1n) is 18.6. The molecule has 0 aliphatic carbocycles. The molecule has 0 aliphatic rings. The standard InChI is InChI=1S/C46H43FN6O2/c1-34-20-24-38(25-21-34)54-30-28-50-41-16-8-10-18-43(41)52(32-36-12-4-3-5-13-36)45(50)48-49-46-51(29-31-55-39-26-22-35(2)23-27-39)42-17-9-11-19-44(42)53(46)33-37-14-6-7-15-40(37)47/h3-27H,28-33H2,1-2H3. The summed E-state index contributed by atoms with van der Waals surface area (Å²) in [5.74, 6) is 1.34. The third kappa shape index (κ3) is 7.87. The predicted octanol–water partition coefficient (Wildman–Crippen LogP) is 8.63. The van der Waals surface area contributed by atoms with Crippen LogP contribution in [0.5, 0.6) is 11.5 Å². The van der Waals surface area contributed by atoms with Gasteiger partial charge in [-0.3, -0.25) is 0 Å². The third-order valence-corrected chi connectivity index (χ3v) is 9.80. The highest BCUT2D eigenvalue weighted by molar-refractivity contribution is 5.77. The van der Waals surface area contributed by atoms with Gasteiger partial charge in [-0.25, -0.2) is 4.39 Å². The maximum atomic E-state index is 15.3. The van der Waals surface area contributed by atoms with Crippen molar-refractivity contribution >= 4 is 22.1 Å². The number of fused-ring (bicyclic) bond motifs is 2. The highest BCUT2D eigenvalue weighted by Crippen LogP contribution is 2.19. The summed E-state index contributed by atoms with van der Waals surface area (Å²) in [7, 11) is 0. The molecule has 0 atom stereocenters. The summed E-state index contributed by atoms with van der Waals surface area (Å²) in [5, 5.41) is 10.2. The second-order valence-corrected chi connectivity index (χ2v) is 13.7. The van der Waals surface area contributed by atoms with Crippen LogP contribution in [0.25, 0.3) is 22.1 Å². The lowest BCUT2D eigenvalue weighted by molar-refractivity contribution is 0.296. The van der Waals surface area contributed by atoms with Crippen molar-refractivity contribution in [3.8, 4) is 11.5 Å². The summed E-state index contributed by atoms with van der Waals surface area (Å²) >= 11 is 0. The number of ether oxygens (including phenoxy) is 2. The number of benzene rings is 6. The molecule has 0 fully saturated rings. The van der Waals surface area contributed by atoms with Crippen molar-refractivity contribution in [3.63, 3.8) is 0 Å². The molecule has 0 spiro atoms. The van der Waals surface area contributed by atoms with E-state index < -0.39 is 0 Å². The Labute approximate surface area is 319 Å². The first-order valence-corrected chi connectivity index (χ1v) is 18.6. The molecule has 0 amide bonds. The molecule has 9 heteroatoms. The number of halogens is 1. The quantitative estimate of drug-likeness (QED) is 0.112. The van der Waals surface area contributed by atoms with E-state index in [9.17, 15) is 0 Å². The Kier molecular flexibility index (Phi) is 10.4. The molecule has 0 aliphatic heterocycles. The SMILES string of the molecule is Cc1ccc(OCCn2c(=NN=c3n(CCOc4ccc(C)cc4)c4ccccc4n3Cc3ccccc3F)n(Cc3ccccc3)c3ccccc32)cc1. The highest BCUT2D eigenvalue weighted by atomic mass is 19.1. The molecular formula is C46H43FN6O2. The highest BCUT2D eigenvalue weighted by Gasteiger charge is 2.16. The van der Waals surface area contributed by atoms with Gasteiger partial charge in [0.25, 0.3) is 0 Å². The fourth-order valence-electron chi connectivity index (χ4n) is 6.96. The molecule has 2 heterocycles. The van der Waals surface area contributed by atoms with Gasteiger partial charge in [-0.05, 0) is 74.0 Å². The Bertz CT molecular complexity index is 2690. The summed E-state index contributed by atoms with van der Waals surface area (Å²) < 4.78 is 36.3. The topological polar surface area (TPSA) is 62.9 Å². The molecule has 0 saturated heterocycles. The summed E-state index contributed by atoms with van der Waals surface area (Å²) in [4.78, 5) is 0. The molecule has 0 radical (unpaired) electrons. The van der Waals surface area contributed by atoms with E-state index >= 15 is 4.39 Å². The van der Waals surface area contributed by atoms with Gasteiger partial charge < -0.3 is 27.7 Å². The van der Waals surface area contributed by atoms with Crippen LogP contribution in [0.4, 0.5) is 4.39 Å². The van der Waals surface area contributed by atoms with Crippen LogP contribution in [0, 0.1) is 19.7 Å². The fraction of sp³-hybridized carbons (Fsp3) is 0.174. The van der Waals surface area contributed by atoms with Gasteiger partial charge in [-0.2, -0.15) is 0 Å².